The second-order valence-corrected chi connectivity index (χ2v) is 12.8. The third kappa shape index (κ3) is 2.83. The van der Waals surface area contributed by atoms with E-state index in [1.54, 1.807) is 19.4 Å². The minimum atomic E-state index is -0.485. The molecule has 0 bridgehead atoms. The van der Waals surface area contributed by atoms with Gasteiger partial charge in [0, 0.05) is 41.2 Å². The zero-order chi connectivity index (χ0) is 28.3. The van der Waals surface area contributed by atoms with E-state index in [1.165, 1.54) is 0 Å². The first-order valence-corrected chi connectivity index (χ1v) is 14.2. The highest BCUT2D eigenvalue weighted by Gasteiger charge is 2.73. The Balaban J connectivity index is 1.43. The number of ether oxygens (including phenoxy) is 4. The second-order valence-electron chi connectivity index (χ2n) is 12.8. The molecule has 3 fully saturated rings. The van der Waals surface area contributed by atoms with E-state index in [-0.39, 0.29) is 48.4 Å². The van der Waals surface area contributed by atoms with Crippen molar-refractivity contribution in [1.29, 1.82) is 5.26 Å². The molecule has 6 unspecified atom stereocenters. The van der Waals surface area contributed by atoms with Crippen LogP contribution in [0.4, 0.5) is 0 Å². The standard InChI is InChI=1S/C31H38N4O5/c1-7-8-38-28-16-10-18-24-23-17(9-15(2)26(37-6)25(23)36)31(5)11-19(35(24)31)20(12-32)34(18)21(13-33)22(16)27-29(30(28,3)4)40-14-39-27/h7,9,13,17-20,23-24,28,36H,1,8,10-11,14,33H2,2-6H3/b21-13-/t17?,18?,19?,20-,23?,24-,28?,31?/m0/s1. The van der Waals surface area contributed by atoms with Crippen LogP contribution in [0.3, 0.4) is 0 Å². The third-order valence-electron chi connectivity index (χ3n) is 10.7. The van der Waals surface area contributed by atoms with Gasteiger partial charge < -0.3 is 34.7 Å². The molecule has 7 aliphatic rings. The molecule has 5 heterocycles. The van der Waals surface area contributed by atoms with Crippen LogP contribution in [-0.4, -0.2) is 71.2 Å². The molecule has 40 heavy (non-hydrogen) atoms. The summed E-state index contributed by atoms with van der Waals surface area (Å²) in [7, 11) is 1.62. The van der Waals surface area contributed by atoms with Gasteiger partial charge >= 0.3 is 0 Å². The van der Waals surface area contributed by atoms with Crippen LogP contribution in [0.15, 0.2) is 70.4 Å². The van der Waals surface area contributed by atoms with E-state index in [2.05, 4.69) is 49.3 Å². The van der Waals surface area contributed by atoms with Crippen LogP contribution in [0.1, 0.15) is 40.5 Å². The van der Waals surface area contributed by atoms with Crippen molar-refractivity contribution in [3.05, 3.63) is 70.4 Å². The van der Waals surface area contributed by atoms with Crippen LogP contribution < -0.4 is 5.73 Å². The van der Waals surface area contributed by atoms with Crippen molar-refractivity contribution in [2.75, 3.05) is 20.5 Å². The average Bonchev–Trinajstić information content (AvgIpc) is 3.49. The fourth-order valence-corrected chi connectivity index (χ4v) is 9.32. The van der Waals surface area contributed by atoms with E-state index in [0.717, 1.165) is 34.6 Å². The Kier molecular flexibility index (Phi) is 5.34. The summed E-state index contributed by atoms with van der Waals surface area (Å²) in [6.45, 7) is 12.9. The van der Waals surface area contributed by atoms with Gasteiger partial charge in [0.2, 0.25) is 6.79 Å². The molecule has 9 heteroatoms. The van der Waals surface area contributed by atoms with Gasteiger partial charge in [0.05, 0.1) is 43.0 Å². The van der Waals surface area contributed by atoms with Gasteiger partial charge in [-0.05, 0) is 51.7 Å². The summed E-state index contributed by atoms with van der Waals surface area (Å²) in [6, 6.07) is 2.10. The zero-order valence-corrected chi connectivity index (χ0v) is 23.8. The van der Waals surface area contributed by atoms with Crippen LogP contribution >= 0.6 is 0 Å². The Labute approximate surface area is 235 Å². The zero-order valence-electron chi connectivity index (χ0n) is 23.8. The van der Waals surface area contributed by atoms with Crippen molar-refractivity contribution in [3.8, 4) is 6.07 Å². The highest BCUT2D eigenvalue weighted by Crippen LogP contribution is 2.65. The maximum Gasteiger partial charge on any atom is 0.230 e. The van der Waals surface area contributed by atoms with Crippen LogP contribution in [0.2, 0.25) is 0 Å². The first-order chi connectivity index (χ1) is 19.1. The summed E-state index contributed by atoms with van der Waals surface area (Å²) in [4.78, 5) is 4.75. The first-order valence-electron chi connectivity index (χ1n) is 14.2. The number of fused-ring (bicyclic) bond motifs is 6. The summed E-state index contributed by atoms with van der Waals surface area (Å²) in [5.74, 6) is 2.26. The van der Waals surface area contributed by atoms with Gasteiger partial charge in [-0.2, -0.15) is 5.26 Å². The first kappa shape index (κ1) is 25.6. The van der Waals surface area contributed by atoms with Crippen LogP contribution in [0.25, 0.3) is 0 Å². The lowest BCUT2D eigenvalue weighted by Gasteiger charge is -2.66. The summed E-state index contributed by atoms with van der Waals surface area (Å²) in [6.07, 6.45) is 6.85. The molecule has 8 atom stereocenters. The minimum absolute atomic E-state index is 0.0218. The van der Waals surface area contributed by atoms with Crippen LogP contribution in [0.5, 0.6) is 0 Å². The normalized spacial score (nSPS) is 41.5. The van der Waals surface area contributed by atoms with Crippen LogP contribution in [0, 0.1) is 28.6 Å². The monoisotopic (exact) mass is 546 g/mol. The third-order valence-corrected chi connectivity index (χ3v) is 10.7. The number of allylic oxidation sites excluding steroid dienone is 1. The van der Waals surface area contributed by atoms with E-state index in [1.807, 2.05) is 6.92 Å². The fourth-order valence-electron chi connectivity index (χ4n) is 9.32. The molecule has 0 saturated carbocycles. The van der Waals surface area contributed by atoms with Crippen molar-refractivity contribution in [2.45, 2.75) is 76.3 Å². The van der Waals surface area contributed by atoms with Crippen molar-refractivity contribution in [1.82, 2.24) is 9.80 Å². The Morgan fingerprint density at radius 1 is 1.30 bits per heavy atom. The fraction of sp³-hybridized carbons (Fsp3) is 0.581. The number of nitrogens with zero attached hydrogens (tertiary/aromatic N) is 3. The average molecular weight is 547 g/mol. The number of aliphatic hydroxyl groups is 1. The van der Waals surface area contributed by atoms with E-state index in [0.29, 0.717) is 30.3 Å². The number of hydrogen-bond acceptors (Lipinski definition) is 9. The molecule has 7 rings (SSSR count). The minimum Gasteiger partial charge on any atom is -0.508 e. The largest absolute Gasteiger partial charge is 0.508 e. The molecule has 2 aliphatic carbocycles. The highest BCUT2D eigenvalue weighted by molar-refractivity contribution is 5.58. The molecular weight excluding hydrogens is 508 g/mol. The van der Waals surface area contributed by atoms with Crippen molar-refractivity contribution < 1.29 is 24.1 Å². The van der Waals surface area contributed by atoms with Gasteiger partial charge in [-0.25, -0.2) is 0 Å². The number of aliphatic hydroxyl groups excluding tert-OH is 1. The Morgan fingerprint density at radius 2 is 2.08 bits per heavy atom. The molecule has 212 valence electrons. The summed E-state index contributed by atoms with van der Waals surface area (Å²) in [5, 5.41) is 22.3. The van der Waals surface area contributed by atoms with Gasteiger partial charge in [0.15, 0.2) is 17.3 Å². The molecule has 5 aliphatic heterocycles. The van der Waals surface area contributed by atoms with E-state index in [9.17, 15) is 10.4 Å². The molecule has 3 N–H and O–H groups in total. The SMILES string of the molecule is C=CCOC1C2=C(C3=C(OCO3)C1(C)C)/C(=C/N)N1C(C2)[C@H]2C3C(O)=C(OC)C(C)=CC3C3(C)CC([C@@H]1C#N)N23. The summed E-state index contributed by atoms with van der Waals surface area (Å²) >= 11 is 0. The lowest BCUT2D eigenvalue weighted by Crippen LogP contribution is -2.78. The molecule has 9 nitrogen and oxygen atoms in total. The number of nitriles is 1. The quantitative estimate of drug-likeness (QED) is 0.510. The van der Waals surface area contributed by atoms with Crippen molar-refractivity contribution in [3.63, 3.8) is 0 Å². The summed E-state index contributed by atoms with van der Waals surface area (Å²) < 4.78 is 24.3. The molecule has 0 aromatic rings. The van der Waals surface area contributed by atoms with E-state index >= 15 is 0 Å². The Hall–Kier alpha value is -3.35. The number of nitrogens with two attached hydrogens (primary N) is 1. The Bertz CT molecular complexity index is 1400. The number of hydrogen-bond donors (Lipinski definition) is 2. The molecule has 0 radical (unpaired) electrons. The van der Waals surface area contributed by atoms with E-state index < -0.39 is 11.5 Å². The molecule has 0 spiro atoms. The molecule has 0 aromatic heterocycles. The van der Waals surface area contributed by atoms with Gasteiger partial charge in [-0.1, -0.05) is 12.2 Å². The predicted octanol–water partition coefficient (Wildman–Crippen LogP) is 3.71. The maximum absolute atomic E-state index is 11.7. The van der Waals surface area contributed by atoms with Crippen LogP contribution in [-0.2, 0) is 18.9 Å². The van der Waals surface area contributed by atoms with Gasteiger partial charge in [-0.3, -0.25) is 4.90 Å². The van der Waals surface area contributed by atoms with Gasteiger partial charge in [-0.15, -0.1) is 6.58 Å². The smallest absolute Gasteiger partial charge is 0.230 e. The van der Waals surface area contributed by atoms with Crippen molar-refractivity contribution in [2.24, 2.45) is 23.0 Å². The molecular formula is C31H38N4O5. The number of methoxy groups -OCH3 is 1. The maximum atomic E-state index is 11.7. The summed E-state index contributed by atoms with van der Waals surface area (Å²) in [5.41, 5.74) is 9.51. The lowest BCUT2D eigenvalue weighted by atomic mass is 9.67. The van der Waals surface area contributed by atoms with E-state index in [4.69, 9.17) is 24.7 Å². The molecule has 0 aromatic carbocycles. The number of rotatable bonds is 4. The molecule has 3 saturated heterocycles. The lowest BCUT2D eigenvalue weighted by molar-refractivity contribution is -0.143. The van der Waals surface area contributed by atoms with Gasteiger partial charge in [0.25, 0.3) is 0 Å². The molecule has 0 amide bonds. The second kappa shape index (κ2) is 8.34. The van der Waals surface area contributed by atoms with Crippen molar-refractivity contribution >= 4 is 0 Å². The van der Waals surface area contributed by atoms with Gasteiger partial charge in [0.1, 0.15) is 11.8 Å². The highest BCUT2D eigenvalue weighted by atomic mass is 16.7. The Morgan fingerprint density at radius 3 is 2.75 bits per heavy atom. The number of piperazine rings is 1. The topological polar surface area (TPSA) is 113 Å². The predicted molar refractivity (Wildman–Crippen MR) is 147 cm³/mol.